The highest BCUT2D eigenvalue weighted by Gasteiger charge is 2.16. The molecule has 3 N–H and O–H groups in total. The van der Waals surface area contributed by atoms with E-state index in [0.717, 1.165) is 0 Å². The number of amides is 1. The van der Waals surface area contributed by atoms with Crippen molar-refractivity contribution in [2.24, 2.45) is 0 Å². The van der Waals surface area contributed by atoms with E-state index in [1.165, 1.54) is 0 Å². The Balaban J connectivity index is 2.08. The van der Waals surface area contributed by atoms with Gasteiger partial charge in [-0.25, -0.2) is 0 Å². The van der Waals surface area contributed by atoms with Crippen LogP contribution in [0.1, 0.15) is 28.8 Å². The number of ketones is 1. The Morgan fingerprint density at radius 3 is 2.07 bits per heavy atom. The van der Waals surface area contributed by atoms with Crippen LogP contribution in [0, 0.1) is 0 Å². The Hall–Kier alpha value is -2.54. The average Bonchev–Trinajstić information content (AvgIpc) is 2.70. The minimum atomic E-state index is -0.237. The maximum absolute atomic E-state index is 12.7. The summed E-state index contributed by atoms with van der Waals surface area (Å²) in [7, 11) is 0. The highest BCUT2D eigenvalue weighted by atomic mass is 16.3. The smallest absolute Gasteiger partial charge is 0.238 e. The van der Waals surface area contributed by atoms with Gasteiger partial charge in [0, 0.05) is 37.4 Å². The zero-order chi connectivity index (χ0) is 19.5. The molecule has 0 bridgehead atoms. The second-order valence-corrected chi connectivity index (χ2v) is 6.22. The number of carbonyl (C=O) groups excluding carboxylic acids is 2. The summed E-state index contributed by atoms with van der Waals surface area (Å²) in [6.45, 7) is 1.36. The van der Waals surface area contributed by atoms with E-state index in [1.54, 1.807) is 48.5 Å². The molecule has 144 valence electrons. The number of aliphatic hydroxyl groups is 2. The Kier molecular flexibility index (Phi) is 8.64. The van der Waals surface area contributed by atoms with E-state index in [9.17, 15) is 9.59 Å². The number of benzene rings is 2. The van der Waals surface area contributed by atoms with E-state index in [2.05, 4.69) is 5.32 Å². The van der Waals surface area contributed by atoms with Crippen molar-refractivity contribution in [3.8, 4) is 0 Å². The van der Waals surface area contributed by atoms with Gasteiger partial charge in [-0.15, -0.1) is 0 Å². The number of carbonyl (C=O) groups is 2. The number of hydrogen-bond donors (Lipinski definition) is 3. The minimum Gasteiger partial charge on any atom is -0.396 e. The topological polar surface area (TPSA) is 89.9 Å². The van der Waals surface area contributed by atoms with Crippen molar-refractivity contribution in [2.75, 3.05) is 38.2 Å². The minimum absolute atomic E-state index is 0.0473. The van der Waals surface area contributed by atoms with Gasteiger partial charge in [0.2, 0.25) is 5.91 Å². The third-order valence-corrected chi connectivity index (χ3v) is 4.11. The van der Waals surface area contributed by atoms with Gasteiger partial charge in [-0.2, -0.15) is 0 Å². The van der Waals surface area contributed by atoms with Gasteiger partial charge in [-0.3, -0.25) is 14.5 Å². The molecule has 0 spiro atoms. The average molecular weight is 370 g/mol. The quantitative estimate of drug-likeness (QED) is 0.526. The zero-order valence-electron chi connectivity index (χ0n) is 15.3. The number of rotatable bonds is 11. The fraction of sp³-hybridized carbons (Fsp3) is 0.333. The van der Waals surface area contributed by atoms with Crippen LogP contribution in [0.5, 0.6) is 0 Å². The predicted octanol–water partition coefficient (Wildman–Crippen LogP) is 1.92. The molecular formula is C21H26N2O4. The van der Waals surface area contributed by atoms with Crippen molar-refractivity contribution in [3.63, 3.8) is 0 Å². The van der Waals surface area contributed by atoms with Crippen LogP contribution in [-0.4, -0.2) is 59.7 Å². The van der Waals surface area contributed by atoms with Crippen LogP contribution in [0.2, 0.25) is 0 Å². The molecule has 0 atom stereocenters. The molecule has 6 heteroatoms. The molecule has 27 heavy (non-hydrogen) atoms. The van der Waals surface area contributed by atoms with E-state index >= 15 is 0 Å². The molecule has 0 heterocycles. The van der Waals surface area contributed by atoms with Crippen molar-refractivity contribution < 1.29 is 19.8 Å². The highest BCUT2D eigenvalue weighted by molar-refractivity contribution is 6.13. The number of aliphatic hydroxyl groups excluding tert-OH is 2. The number of nitrogens with one attached hydrogen (secondary N) is 1. The second-order valence-electron chi connectivity index (χ2n) is 6.22. The largest absolute Gasteiger partial charge is 0.396 e. The summed E-state index contributed by atoms with van der Waals surface area (Å²) < 4.78 is 0. The molecule has 0 radical (unpaired) electrons. The lowest BCUT2D eigenvalue weighted by atomic mass is 10.0. The van der Waals surface area contributed by atoms with Crippen molar-refractivity contribution in [3.05, 3.63) is 65.7 Å². The Labute approximate surface area is 159 Å². The zero-order valence-corrected chi connectivity index (χ0v) is 15.3. The maximum Gasteiger partial charge on any atom is 0.238 e. The van der Waals surface area contributed by atoms with Gasteiger partial charge in [-0.05, 0) is 25.0 Å². The molecule has 2 aromatic rings. The molecule has 0 aromatic heterocycles. The first-order valence-corrected chi connectivity index (χ1v) is 9.08. The van der Waals surface area contributed by atoms with Gasteiger partial charge in [-0.1, -0.05) is 42.5 Å². The third-order valence-electron chi connectivity index (χ3n) is 4.11. The summed E-state index contributed by atoms with van der Waals surface area (Å²) >= 11 is 0. The highest BCUT2D eigenvalue weighted by Crippen LogP contribution is 2.19. The molecule has 0 aliphatic rings. The van der Waals surface area contributed by atoms with Gasteiger partial charge in [0.05, 0.1) is 12.2 Å². The first-order chi connectivity index (χ1) is 13.2. The van der Waals surface area contributed by atoms with Gasteiger partial charge >= 0.3 is 0 Å². The lowest BCUT2D eigenvalue weighted by Gasteiger charge is -2.21. The SMILES string of the molecule is O=C(CN(CCCO)CCCO)Nc1ccccc1C(=O)c1ccccc1. The van der Waals surface area contributed by atoms with Crippen molar-refractivity contribution in [1.82, 2.24) is 4.90 Å². The lowest BCUT2D eigenvalue weighted by molar-refractivity contribution is -0.117. The van der Waals surface area contributed by atoms with Crippen LogP contribution in [0.4, 0.5) is 5.69 Å². The van der Waals surface area contributed by atoms with Crippen LogP contribution in [0.3, 0.4) is 0 Å². The molecule has 1 amide bonds. The molecule has 6 nitrogen and oxygen atoms in total. The molecule has 0 saturated carbocycles. The summed E-state index contributed by atoms with van der Waals surface area (Å²) in [5.74, 6) is -0.386. The van der Waals surface area contributed by atoms with Gasteiger partial charge in [0.1, 0.15) is 0 Å². The van der Waals surface area contributed by atoms with Crippen molar-refractivity contribution in [1.29, 1.82) is 0 Å². The summed E-state index contributed by atoms with van der Waals surface area (Å²) in [5.41, 5.74) is 1.47. The predicted molar refractivity (Wildman–Crippen MR) is 105 cm³/mol. The van der Waals surface area contributed by atoms with Crippen LogP contribution < -0.4 is 5.32 Å². The molecule has 0 saturated heterocycles. The first kappa shape index (κ1) is 20.8. The Bertz CT molecular complexity index is 726. The molecule has 2 rings (SSSR count). The van der Waals surface area contributed by atoms with E-state index < -0.39 is 0 Å². The molecule has 0 unspecified atom stereocenters. The fourth-order valence-corrected chi connectivity index (χ4v) is 2.79. The second kappa shape index (κ2) is 11.2. The normalized spacial score (nSPS) is 10.8. The van der Waals surface area contributed by atoms with Crippen molar-refractivity contribution >= 4 is 17.4 Å². The number of hydrogen-bond acceptors (Lipinski definition) is 5. The summed E-state index contributed by atoms with van der Waals surface area (Å²) in [6.07, 6.45) is 1.11. The Morgan fingerprint density at radius 1 is 0.852 bits per heavy atom. The van der Waals surface area contributed by atoms with Crippen molar-refractivity contribution in [2.45, 2.75) is 12.8 Å². The number of para-hydroxylation sites is 1. The molecule has 0 fully saturated rings. The molecule has 2 aromatic carbocycles. The van der Waals surface area contributed by atoms with Crippen LogP contribution in [0.15, 0.2) is 54.6 Å². The fourth-order valence-electron chi connectivity index (χ4n) is 2.79. The maximum atomic E-state index is 12.7. The first-order valence-electron chi connectivity index (χ1n) is 9.08. The van der Waals surface area contributed by atoms with Gasteiger partial charge < -0.3 is 15.5 Å². The van der Waals surface area contributed by atoms with E-state index in [1.807, 2.05) is 11.0 Å². The Morgan fingerprint density at radius 2 is 1.44 bits per heavy atom. The van der Waals surface area contributed by atoms with Gasteiger partial charge in [0.25, 0.3) is 0 Å². The van der Waals surface area contributed by atoms with Gasteiger partial charge in [0.15, 0.2) is 5.78 Å². The third kappa shape index (κ3) is 6.60. The standard InChI is InChI=1S/C21H26N2O4/c24-14-6-12-23(13-7-15-25)16-20(26)22-19-11-5-4-10-18(19)21(27)17-8-2-1-3-9-17/h1-5,8-11,24-25H,6-7,12-16H2,(H,22,26). The van der Waals surface area contributed by atoms with Crippen LogP contribution >= 0.6 is 0 Å². The van der Waals surface area contributed by atoms with Crippen LogP contribution in [-0.2, 0) is 4.79 Å². The number of anilines is 1. The van der Waals surface area contributed by atoms with Crippen LogP contribution in [0.25, 0.3) is 0 Å². The van der Waals surface area contributed by atoms with E-state index in [4.69, 9.17) is 10.2 Å². The summed E-state index contributed by atoms with van der Waals surface area (Å²) in [5, 5.41) is 20.8. The van der Waals surface area contributed by atoms with E-state index in [-0.39, 0.29) is 31.4 Å². The molecule has 0 aliphatic heterocycles. The summed E-state index contributed by atoms with van der Waals surface area (Å²) in [6, 6.07) is 15.9. The molecular weight excluding hydrogens is 344 g/mol. The van der Waals surface area contributed by atoms with E-state index in [0.29, 0.717) is 42.7 Å². The molecule has 0 aliphatic carbocycles. The lowest BCUT2D eigenvalue weighted by Crippen LogP contribution is -2.35. The summed E-state index contributed by atoms with van der Waals surface area (Å²) in [4.78, 5) is 27.1. The number of nitrogens with zero attached hydrogens (tertiary/aromatic N) is 1. The monoisotopic (exact) mass is 370 g/mol.